The average Bonchev–Trinajstić information content (AvgIpc) is 2.13. The van der Waals surface area contributed by atoms with E-state index in [-0.39, 0.29) is 12.2 Å². The first kappa shape index (κ1) is 12.3. The normalized spacial score (nSPS) is 21.9. The predicted octanol–water partition coefficient (Wildman–Crippen LogP) is 1.56. The molecule has 0 saturated carbocycles. The second-order valence-electron chi connectivity index (χ2n) is 3.69. The Kier molecular flexibility index (Phi) is 3.93. The van der Waals surface area contributed by atoms with Gasteiger partial charge in [0.1, 0.15) is 5.70 Å². The van der Waals surface area contributed by atoms with Crippen LogP contribution in [0, 0.1) is 0 Å². The summed E-state index contributed by atoms with van der Waals surface area (Å²) >= 11 is 0. The van der Waals surface area contributed by atoms with Crippen molar-refractivity contribution in [3.8, 4) is 0 Å². The van der Waals surface area contributed by atoms with Gasteiger partial charge >= 0.3 is 5.92 Å². The highest BCUT2D eigenvalue weighted by Crippen LogP contribution is 2.32. The molecule has 0 radical (unpaired) electrons. The molecule has 0 unspecified atom stereocenters. The van der Waals surface area contributed by atoms with Gasteiger partial charge in [-0.15, -0.1) is 0 Å². The molecule has 15 heavy (non-hydrogen) atoms. The number of alkyl halides is 2. The molecule has 0 fully saturated rings. The van der Waals surface area contributed by atoms with Gasteiger partial charge in [0.05, 0.1) is 13.2 Å². The summed E-state index contributed by atoms with van der Waals surface area (Å²) in [6.45, 7) is 6.02. The van der Waals surface area contributed by atoms with Crippen molar-refractivity contribution < 1.29 is 13.5 Å². The smallest absolute Gasteiger partial charge is 0.302 e. The summed E-state index contributed by atoms with van der Waals surface area (Å²) in [5.74, 6) is -2.89. The summed E-state index contributed by atoms with van der Waals surface area (Å²) in [4.78, 5) is 5.08. The Bertz CT molecular complexity index is 277. The Hall–Kier alpha value is -0.810. The minimum absolute atomic E-state index is 0.170. The molecule has 0 bridgehead atoms. The van der Waals surface area contributed by atoms with Crippen molar-refractivity contribution >= 4 is 6.72 Å². The van der Waals surface area contributed by atoms with E-state index < -0.39 is 5.92 Å². The number of aliphatic imine (C=N–C) groups is 1. The van der Waals surface area contributed by atoms with Crippen LogP contribution in [0.5, 0.6) is 0 Å². The van der Waals surface area contributed by atoms with E-state index in [1.54, 1.807) is 18.9 Å². The van der Waals surface area contributed by atoms with Gasteiger partial charge in [0, 0.05) is 20.2 Å². The highest BCUT2D eigenvalue weighted by Gasteiger charge is 2.40. The lowest BCUT2D eigenvalue weighted by Gasteiger charge is -2.33. The molecule has 5 heteroatoms. The van der Waals surface area contributed by atoms with Crippen LogP contribution in [0.2, 0.25) is 0 Å². The molecule has 0 aliphatic carbocycles. The van der Waals surface area contributed by atoms with Crippen LogP contribution in [0.3, 0.4) is 0 Å². The van der Waals surface area contributed by atoms with Gasteiger partial charge in [0.15, 0.2) is 0 Å². The molecule has 0 spiro atoms. The van der Waals surface area contributed by atoms with Crippen LogP contribution in [0.4, 0.5) is 8.78 Å². The van der Waals surface area contributed by atoms with Gasteiger partial charge in [-0.1, -0.05) is 0 Å². The molecule has 0 aromatic heterocycles. The molecule has 86 valence electrons. The molecule has 0 N–H and O–H groups in total. The summed E-state index contributed by atoms with van der Waals surface area (Å²) in [7, 11) is 1.56. The van der Waals surface area contributed by atoms with E-state index in [9.17, 15) is 8.78 Å². The molecule has 0 amide bonds. The lowest BCUT2D eigenvalue weighted by molar-refractivity contribution is -0.0128. The van der Waals surface area contributed by atoms with Crippen molar-refractivity contribution in [2.45, 2.75) is 12.8 Å². The number of ether oxygens (including phenoxy) is 1. The molecule has 1 heterocycles. The molecule has 1 aliphatic heterocycles. The van der Waals surface area contributed by atoms with Crippen LogP contribution >= 0.6 is 0 Å². The first-order valence-corrected chi connectivity index (χ1v) is 4.77. The lowest BCUT2D eigenvalue weighted by Crippen LogP contribution is -2.45. The van der Waals surface area contributed by atoms with Crippen LogP contribution in [0.1, 0.15) is 6.92 Å². The van der Waals surface area contributed by atoms with Crippen molar-refractivity contribution in [1.29, 1.82) is 0 Å². The van der Waals surface area contributed by atoms with E-state index in [2.05, 4.69) is 11.7 Å². The van der Waals surface area contributed by atoms with Crippen molar-refractivity contribution in [2.24, 2.45) is 4.99 Å². The zero-order valence-electron chi connectivity index (χ0n) is 9.09. The fourth-order valence-corrected chi connectivity index (χ4v) is 1.76. The quantitative estimate of drug-likeness (QED) is 0.669. The monoisotopic (exact) mass is 218 g/mol. The summed E-state index contributed by atoms with van der Waals surface area (Å²) in [6, 6.07) is 0. The first-order chi connectivity index (χ1) is 7.01. The van der Waals surface area contributed by atoms with Gasteiger partial charge in [-0.05, 0) is 19.2 Å². The standard InChI is InChI=1S/C10H16F2N2O/c1-8-6-14(4-5-15-3)7-10(11,12)9(8)13-2/h2,4-7H2,1,3H3. The van der Waals surface area contributed by atoms with Crippen LogP contribution < -0.4 is 0 Å². The van der Waals surface area contributed by atoms with Crippen molar-refractivity contribution in [3.05, 3.63) is 11.3 Å². The molecule has 0 aromatic carbocycles. The Morgan fingerprint density at radius 1 is 1.60 bits per heavy atom. The molecule has 3 nitrogen and oxygen atoms in total. The summed E-state index contributed by atoms with van der Waals surface area (Å²) in [6.07, 6.45) is 0. The topological polar surface area (TPSA) is 24.8 Å². The van der Waals surface area contributed by atoms with Gasteiger partial charge in [-0.2, -0.15) is 8.78 Å². The largest absolute Gasteiger partial charge is 0.383 e. The van der Waals surface area contributed by atoms with Gasteiger partial charge < -0.3 is 4.74 Å². The first-order valence-electron chi connectivity index (χ1n) is 4.77. The fraction of sp³-hybridized carbons (Fsp3) is 0.700. The minimum Gasteiger partial charge on any atom is -0.383 e. The zero-order chi connectivity index (χ0) is 11.5. The number of halogens is 2. The molecule has 0 saturated heterocycles. The molecule has 1 aliphatic rings. The van der Waals surface area contributed by atoms with Crippen molar-refractivity contribution in [1.82, 2.24) is 4.90 Å². The third-order valence-corrected chi connectivity index (χ3v) is 2.40. The van der Waals surface area contributed by atoms with E-state index in [4.69, 9.17) is 4.74 Å². The van der Waals surface area contributed by atoms with Gasteiger partial charge in [-0.3, -0.25) is 9.89 Å². The molecular formula is C10H16F2N2O. The number of nitrogens with zero attached hydrogens (tertiary/aromatic N) is 2. The Morgan fingerprint density at radius 2 is 2.27 bits per heavy atom. The Balaban J connectivity index is 2.75. The third-order valence-electron chi connectivity index (χ3n) is 2.40. The number of rotatable bonds is 4. The van der Waals surface area contributed by atoms with Crippen LogP contribution in [-0.2, 0) is 4.74 Å². The lowest BCUT2D eigenvalue weighted by atomic mass is 10.0. The van der Waals surface area contributed by atoms with E-state index in [1.807, 2.05) is 0 Å². The molecule has 0 aromatic rings. The van der Waals surface area contributed by atoms with Crippen LogP contribution in [0.25, 0.3) is 0 Å². The highest BCUT2D eigenvalue weighted by molar-refractivity contribution is 5.35. The Morgan fingerprint density at radius 3 is 2.73 bits per heavy atom. The second-order valence-corrected chi connectivity index (χ2v) is 3.69. The number of hydrogen-bond acceptors (Lipinski definition) is 3. The predicted molar refractivity (Wildman–Crippen MR) is 55.5 cm³/mol. The van der Waals surface area contributed by atoms with Crippen LogP contribution in [-0.4, -0.2) is 50.9 Å². The summed E-state index contributed by atoms with van der Waals surface area (Å²) in [5, 5.41) is 0. The maximum absolute atomic E-state index is 13.5. The Labute approximate surface area is 88.4 Å². The average molecular weight is 218 g/mol. The highest BCUT2D eigenvalue weighted by atomic mass is 19.3. The van der Waals surface area contributed by atoms with E-state index in [0.29, 0.717) is 25.3 Å². The SMILES string of the molecule is C=NC1=C(C)CN(CCOC)CC1(F)F. The fourth-order valence-electron chi connectivity index (χ4n) is 1.76. The number of methoxy groups -OCH3 is 1. The summed E-state index contributed by atoms with van der Waals surface area (Å²) in [5.41, 5.74) is 0.411. The minimum atomic E-state index is -2.89. The van der Waals surface area contributed by atoms with Crippen molar-refractivity contribution in [3.63, 3.8) is 0 Å². The maximum Gasteiger partial charge on any atom is 0.302 e. The number of hydrogen-bond donors (Lipinski definition) is 0. The van der Waals surface area contributed by atoms with Gasteiger partial charge in [0.25, 0.3) is 0 Å². The summed E-state index contributed by atoms with van der Waals surface area (Å²) < 4.78 is 31.9. The molecule has 0 atom stereocenters. The van der Waals surface area contributed by atoms with Gasteiger partial charge in [0.2, 0.25) is 0 Å². The van der Waals surface area contributed by atoms with Gasteiger partial charge in [-0.25, -0.2) is 0 Å². The van der Waals surface area contributed by atoms with E-state index in [1.165, 1.54) is 0 Å². The molecular weight excluding hydrogens is 202 g/mol. The third kappa shape index (κ3) is 2.82. The van der Waals surface area contributed by atoms with Crippen molar-refractivity contribution in [2.75, 3.05) is 33.4 Å². The van der Waals surface area contributed by atoms with Crippen LogP contribution in [0.15, 0.2) is 16.3 Å². The van der Waals surface area contributed by atoms with E-state index in [0.717, 1.165) is 0 Å². The maximum atomic E-state index is 13.5. The van der Waals surface area contributed by atoms with E-state index >= 15 is 0 Å². The molecule has 1 rings (SSSR count). The second kappa shape index (κ2) is 4.81. The zero-order valence-corrected chi connectivity index (χ0v) is 9.09.